The number of fused-ring (bicyclic) bond motifs is 1. The minimum absolute atomic E-state index is 0.308. The largest absolute Gasteiger partial charge is 0.479 e. The maximum absolute atomic E-state index is 12.4. The first-order valence-electron chi connectivity index (χ1n) is 6.92. The molecule has 7 nitrogen and oxygen atoms in total. The molecule has 23 heavy (non-hydrogen) atoms. The summed E-state index contributed by atoms with van der Waals surface area (Å²) >= 11 is 0. The van der Waals surface area contributed by atoms with Crippen LogP contribution in [0, 0.1) is 0 Å². The third-order valence-corrected chi connectivity index (χ3v) is 3.37. The lowest BCUT2D eigenvalue weighted by Crippen LogP contribution is -2.38. The third-order valence-electron chi connectivity index (χ3n) is 3.37. The number of nitrogens with zero attached hydrogens (tertiary/aromatic N) is 2. The van der Waals surface area contributed by atoms with Crippen LogP contribution in [-0.4, -0.2) is 27.8 Å². The van der Waals surface area contributed by atoms with Crippen LogP contribution in [0.4, 0.5) is 0 Å². The minimum Gasteiger partial charge on any atom is -0.479 e. The van der Waals surface area contributed by atoms with Gasteiger partial charge in [0.2, 0.25) is 6.04 Å². The first kappa shape index (κ1) is 14.6. The highest BCUT2D eigenvalue weighted by atomic mass is 16.4. The van der Waals surface area contributed by atoms with E-state index in [0.29, 0.717) is 11.3 Å². The molecule has 0 aliphatic carbocycles. The van der Waals surface area contributed by atoms with Crippen molar-refractivity contribution in [2.45, 2.75) is 6.04 Å². The molecule has 1 aromatic carbocycles. The molecule has 116 valence electrons. The standard InChI is InChI=1S/C16H14N4O3/c21-15(18-13-7-3-4-9-17-19-13)14(16(22)23)20-10-8-11-5-1-2-6-12(11)20/h1-10,14,19H,(H,18,21)(H,22,23). The quantitative estimate of drug-likeness (QED) is 0.743. The summed E-state index contributed by atoms with van der Waals surface area (Å²) in [5, 5.41) is 16.7. The van der Waals surface area contributed by atoms with Gasteiger partial charge in [0.15, 0.2) is 0 Å². The fourth-order valence-electron chi connectivity index (χ4n) is 2.35. The van der Waals surface area contributed by atoms with Crippen LogP contribution in [0.15, 0.2) is 65.7 Å². The second kappa shape index (κ2) is 6.18. The smallest absolute Gasteiger partial charge is 0.336 e. The molecule has 2 aromatic rings. The number of carboxylic acid groups (broad SMARTS) is 1. The van der Waals surface area contributed by atoms with Crippen LogP contribution in [0.25, 0.3) is 10.9 Å². The van der Waals surface area contributed by atoms with Crippen molar-refractivity contribution in [3.8, 4) is 0 Å². The number of para-hydroxylation sites is 1. The predicted molar refractivity (Wildman–Crippen MR) is 85.6 cm³/mol. The fourth-order valence-corrected chi connectivity index (χ4v) is 2.35. The van der Waals surface area contributed by atoms with Gasteiger partial charge in [0.1, 0.15) is 5.82 Å². The van der Waals surface area contributed by atoms with Gasteiger partial charge in [-0.25, -0.2) is 4.79 Å². The van der Waals surface area contributed by atoms with Gasteiger partial charge >= 0.3 is 5.97 Å². The second-order valence-electron chi connectivity index (χ2n) is 4.87. The Balaban J connectivity index is 1.91. The average Bonchev–Trinajstić information content (AvgIpc) is 2.76. The molecule has 0 bridgehead atoms. The molecule has 1 aliphatic rings. The van der Waals surface area contributed by atoms with E-state index in [9.17, 15) is 14.7 Å². The van der Waals surface area contributed by atoms with Crippen molar-refractivity contribution in [3.63, 3.8) is 0 Å². The van der Waals surface area contributed by atoms with Crippen LogP contribution >= 0.6 is 0 Å². The predicted octanol–water partition coefficient (Wildman–Crippen LogP) is 1.37. The third kappa shape index (κ3) is 2.98. The molecule has 1 aliphatic heterocycles. The number of amides is 1. The molecule has 3 rings (SSSR count). The van der Waals surface area contributed by atoms with Gasteiger partial charge < -0.3 is 15.0 Å². The number of hydrogen-bond donors (Lipinski definition) is 3. The van der Waals surface area contributed by atoms with Gasteiger partial charge in [-0.15, -0.1) is 0 Å². The topological polar surface area (TPSA) is 95.7 Å². The maximum atomic E-state index is 12.4. The molecule has 0 saturated heterocycles. The van der Waals surface area contributed by atoms with Crippen LogP contribution < -0.4 is 10.7 Å². The van der Waals surface area contributed by atoms with Crippen LogP contribution in [0.3, 0.4) is 0 Å². The maximum Gasteiger partial charge on any atom is 0.336 e. The Morgan fingerprint density at radius 3 is 2.87 bits per heavy atom. The highest BCUT2D eigenvalue weighted by Gasteiger charge is 2.29. The minimum atomic E-state index is -1.38. The zero-order chi connectivity index (χ0) is 16.2. The normalized spacial score (nSPS) is 14.7. The van der Waals surface area contributed by atoms with E-state index in [-0.39, 0.29) is 0 Å². The monoisotopic (exact) mass is 310 g/mol. The van der Waals surface area contributed by atoms with Gasteiger partial charge in [0, 0.05) is 17.9 Å². The molecule has 3 N–H and O–H groups in total. The molecule has 1 amide bonds. The lowest BCUT2D eigenvalue weighted by molar-refractivity contribution is -0.145. The summed E-state index contributed by atoms with van der Waals surface area (Å²) in [4.78, 5) is 24.1. The average molecular weight is 310 g/mol. The van der Waals surface area contributed by atoms with Gasteiger partial charge in [-0.3, -0.25) is 10.2 Å². The van der Waals surface area contributed by atoms with Crippen LogP contribution in [-0.2, 0) is 9.59 Å². The molecule has 1 unspecified atom stereocenters. The lowest BCUT2D eigenvalue weighted by Gasteiger charge is -2.16. The van der Waals surface area contributed by atoms with Crippen molar-refractivity contribution in [1.82, 2.24) is 15.3 Å². The number of hydrazone groups is 1. The molecule has 0 radical (unpaired) electrons. The Morgan fingerprint density at radius 1 is 1.22 bits per heavy atom. The first-order valence-corrected chi connectivity index (χ1v) is 6.92. The van der Waals surface area contributed by atoms with E-state index in [1.807, 2.05) is 12.1 Å². The van der Waals surface area contributed by atoms with Gasteiger partial charge in [-0.1, -0.05) is 24.3 Å². The molecular formula is C16H14N4O3. The molecule has 1 atom stereocenters. The van der Waals surface area contributed by atoms with E-state index in [0.717, 1.165) is 5.39 Å². The summed E-state index contributed by atoms with van der Waals surface area (Å²) in [5.74, 6) is -1.59. The van der Waals surface area contributed by atoms with Crippen molar-refractivity contribution in [2.24, 2.45) is 5.10 Å². The molecule has 7 heteroatoms. The summed E-state index contributed by atoms with van der Waals surface area (Å²) in [5.41, 5.74) is 3.30. The van der Waals surface area contributed by atoms with Crippen molar-refractivity contribution in [3.05, 3.63) is 60.6 Å². The molecule has 0 saturated carbocycles. The lowest BCUT2D eigenvalue weighted by atomic mass is 10.2. The van der Waals surface area contributed by atoms with Crippen LogP contribution in [0.1, 0.15) is 6.04 Å². The Bertz CT molecular complexity index is 848. The molecule has 0 fully saturated rings. The van der Waals surface area contributed by atoms with Gasteiger partial charge in [0.25, 0.3) is 5.91 Å². The summed E-state index contributed by atoms with van der Waals surface area (Å²) in [6.07, 6.45) is 8.07. The number of rotatable bonds is 4. The van der Waals surface area contributed by atoms with E-state index in [4.69, 9.17) is 0 Å². The van der Waals surface area contributed by atoms with Crippen molar-refractivity contribution < 1.29 is 14.7 Å². The number of hydrogen-bond acceptors (Lipinski definition) is 4. The van der Waals surface area contributed by atoms with E-state index in [2.05, 4.69) is 15.8 Å². The Labute approximate surface area is 131 Å². The molecule has 0 spiro atoms. The van der Waals surface area contributed by atoms with E-state index in [1.165, 1.54) is 10.8 Å². The van der Waals surface area contributed by atoms with Crippen LogP contribution in [0.2, 0.25) is 0 Å². The number of aromatic nitrogens is 1. The van der Waals surface area contributed by atoms with E-state index >= 15 is 0 Å². The Kier molecular flexibility index (Phi) is 3.92. The SMILES string of the molecule is O=C(O)C(C(=O)NC1=CC=CC=NN1)n1ccc2ccccc21. The number of allylic oxidation sites excluding steroid dienone is 3. The highest BCUT2D eigenvalue weighted by molar-refractivity contribution is 6.01. The Morgan fingerprint density at radius 2 is 2.04 bits per heavy atom. The summed E-state index contributed by atoms with van der Waals surface area (Å²) in [7, 11) is 0. The molecular weight excluding hydrogens is 296 g/mol. The number of carboxylic acids is 1. The number of aliphatic carboxylic acids is 1. The molecule has 1 aromatic heterocycles. The number of nitrogens with one attached hydrogen (secondary N) is 2. The zero-order valence-electron chi connectivity index (χ0n) is 12.0. The second-order valence-corrected chi connectivity index (χ2v) is 4.87. The van der Waals surface area contributed by atoms with E-state index < -0.39 is 17.9 Å². The first-order chi connectivity index (χ1) is 11.2. The number of benzene rings is 1. The van der Waals surface area contributed by atoms with Gasteiger partial charge in [-0.2, -0.15) is 5.10 Å². The van der Waals surface area contributed by atoms with E-state index in [1.54, 1.807) is 42.6 Å². The zero-order valence-corrected chi connectivity index (χ0v) is 12.0. The van der Waals surface area contributed by atoms with Crippen molar-refractivity contribution >= 4 is 29.0 Å². The van der Waals surface area contributed by atoms with Crippen LogP contribution in [0.5, 0.6) is 0 Å². The summed E-state index contributed by atoms with van der Waals surface area (Å²) < 4.78 is 1.43. The summed E-state index contributed by atoms with van der Waals surface area (Å²) in [6.45, 7) is 0. The van der Waals surface area contributed by atoms with Crippen molar-refractivity contribution in [2.75, 3.05) is 0 Å². The van der Waals surface area contributed by atoms with Gasteiger partial charge in [0.05, 0.1) is 0 Å². The van der Waals surface area contributed by atoms with Gasteiger partial charge in [-0.05, 0) is 29.7 Å². The molecule has 2 heterocycles. The number of carbonyl (C=O) groups is 2. The Hall–Kier alpha value is -3.35. The summed E-state index contributed by atoms with van der Waals surface area (Å²) in [6, 6.07) is 7.67. The number of carbonyl (C=O) groups excluding carboxylic acids is 1. The fraction of sp³-hybridized carbons (Fsp3) is 0.0625. The van der Waals surface area contributed by atoms with Crippen molar-refractivity contribution in [1.29, 1.82) is 0 Å². The highest BCUT2D eigenvalue weighted by Crippen LogP contribution is 2.20.